The van der Waals surface area contributed by atoms with Gasteiger partial charge >= 0.3 is 0 Å². The van der Waals surface area contributed by atoms with Crippen LogP contribution in [-0.4, -0.2) is 30.0 Å². The maximum absolute atomic E-state index is 14.3. The van der Waals surface area contributed by atoms with Crippen molar-refractivity contribution in [1.29, 1.82) is 0 Å². The van der Waals surface area contributed by atoms with E-state index in [2.05, 4.69) is 27.6 Å². The molecule has 0 aliphatic carbocycles. The normalized spacial score (nSPS) is 11.0. The van der Waals surface area contributed by atoms with Gasteiger partial charge in [0.15, 0.2) is 0 Å². The average Bonchev–Trinajstić information content (AvgIpc) is 3.14. The Hall–Kier alpha value is -2.86. The van der Waals surface area contributed by atoms with E-state index < -0.39 is 0 Å². The highest BCUT2D eigenvalue weighted by Crippen LogP contribution is 2.27. The molecular formula is C22H26FN3O2. The summed E-state index contributed by atoms with van der Waals surface area (Å²) in [5, 5.41) is 10.4. The molecule has 148 valence electrons. The summed E-state index contributed by atoms with van der Waals surface area (Å²) in [7, 11) is 1.52. The Labute approximate surface area is 164 Å². The van der Waals surface area contributed by atoms with Crippen LogP contribution in [0.2, 0.25) is 0 Å². The molecule has 0 unspecified atom stereocenters. The van der Waals surface area contributed by atoms with Crippen molar-refractivity contribution in [2.75, 3.05) is 13.7 Å². The highest BCUT2D eigenvalue weighted by atomic mass is 19.1. The highest BCUT2D eigenvalue weighted by molar-refractivity contribution is 5.64. The van der Waals surface area contributed by atoms with Crippen LogP contribution in [0.25, 0.3) is 11.3 Å². The Morgan fingerprint density at radius 2 is 1.86 bits per heavy atom. The molecule has 1 heterocycles. The Bertz CT molecular complexity index is 891. The van der Waals surface area contributed by atoms with Crippen molar-refractivity contribution in [3.05, 3.63) is 65.6 Å². The molecule has 0 saturated carbocycles. The molecule has 2 N–H and O–H groups in total. The van der Waals surface area contributed by atoms with Gasteiger partial charge in [0, 0.05) is 23.7 Å². The molecule has 0 radical (unpaired) electrons. The number of nitrogens with zero attached hydrogens (tertiary/aromatic N) is 1. The number of methoxy groups -OCH3 is 1. The number of ether oxygens (including phenoxy) is 2. The van der Waals surface area contributed by atoms with Crippen LogP contribution in [0, 0.1) is 5.82 Å². The fourth-order valence-electron chi connectivity index (χ4n) is 2.97. The lowest BCUT2D eigenvalue weighted by molar-refractivity contribution is 0.242. The van der Waals surface area contributed by atoms with Gasteiger partial charge in [0.1, 0.15) is 17.3 Å². The zero-order chi connectivity index (χ0) is 19.9. The molecule has 2 aromatic carbocycles. The minimum absolute atomic E-state index is 0.173. The average molecular weight is 383 g/mol. The predicted octanol–water partition coefficient (Wildman–Crippen LogP) is 4.34. The summed E-state index contributed by atoms with van der Waals surface area (Å²) < 4.78 is 25.1. The van der Waals surface area contributed by atoms with Crippen molar-refractivity contribution in [2.45, 2.75) is 32.9 Å². The fourth-order valence-corrected chi connectivity index (χ4v) is 2.97. The summed E-state index contributed by atoms with van der Waals surface area (Å²) in [6.07, 6.45) is 2.79. The molecule has 5 nitrogen and oxygen atoms in total. The number of nitrogens with one attached hydrogen (secondary N) is 2. The van der Waals surface area contributed by atoms with Gasteiger partial charge in [0.25, 0.3) is 0 Å². The number of aromatic nitrogens is 2. The van der Waals surface area contributed by atoms with E-state index in [9.17, 15) is 4.39 Å². The third-order valence-corrected chi connectivity index (χ3v) is 4.36. The first kappa shape index (κ1) is 19.9. The quantitative estimate of drug-likeness (QED) is 0.540. The molecule has 28 heavy (non-hydrogen) atoms. The fraction of sp³-hybridized carbons (Fsp3) is 0.318. The third kappa shape index (κ3) is 5.10. The van der Waals surface area contributed by atoms with E-state index in [-0.39, 0.29) is 11.9 Å². The maximum Gasteiger partial charge on any atom is 0.136 e. The second-order valence-corrected chi connectivity index (χ2v) is 6.85. The van der Waals surface area contributed by atoms with E-state index in [1.165, 1.54) is 18.7 Å². The van der Waals surface area contributed by atoms with Gasteiger partial charge in [0.2, 0.25) is 0 Å². The third-order valence-electron chi connectivity index (χ3n) is 4.36. The van der Waals surface area contributed by atoms with Gasteiger partial charge in [-0.1, -0.05) is 12.1 Å². The van der Waals surface area contributed by atoms with Crippen molar-refractivity contribution in [2.24, 2.45) is 0 Å². The molecule has 0 aliphatic rings. The number of benzene rings is 2. The van der Waals surface area contributed by atoms with E-state index >= 15 is 0 Å². The molecule has 0 amide bonds. The van der Waals surface area contributed by atoms with E-state index in [1.807, 2.05) is 26.0 Å². The van der Waals surface area contributed by atoms with Crippen molar-refractivity contribution in [3.8, 4) is 22.8 Å². The van der Waals surface area contributed by atoms with E-state index in [0.29, 0.717) is 23.6 Å². The maximum atomic E-state index is 14.3. The van der Waals surface area contributed by atoms with Crippen LogP contribution in [0.5, 0.6) is 11.5 Å². The van der Waals surface area contributed by atoms with Gasteiger partial charge in [-0.15, -0.1) is 0 Å². The minimum Gasteiger partial charge on any atom is -0.497 e. The summed E-state index contributed by atoms with van der Waals surface area (Å²) >= 11 is 0. The molecule has 0 bridgehead atoms. The van der Waals surface area contributed by atoms with Gasteiger partial charge in [-0.05, 0) is 56.6 Å². The van der Waals surface area contributed by atoms with Crippen LogP contribution >= 0.6 is 0 Å². The first-order valence-electron chi connectivity index (χ1n) is 9.39. The number of halogens is 1. The number of hydrogen-bond acceptors (Lipinski definition) is 4. The van der Waals surface area contributed by atoms with E-state index in [1.54, 1.807) is 18.3 Å². The van der Waals surface area contributed by atoms with Crippen LogP contribution in [0.3, 0.4) is 0 Å². The van der Waals surface area contributed by atoms with Crippen molar-refractivity contribution < 1.29 is 13.9 Å². The largest absolute Gasteiger partial charge is 0.497 e. The minimum atomic E-state index is -0.339. The molecule has 3 aromatic rings. The van der Waals surface area contributed by atoms with E-state index in [4.69, 9.17) is 9.47 Å². The summed E-state index contributed by atoms with van der Waals surface area (Å²) in [5.41, 5.74) is 3.32. The molecule has 0 fully saturated rings. The van der Waals surface area contributed by atoms with Crippen LogP contribution in [0.15, 0.2) is 48.7 Å². The number of aromatic amines is 1. The highest BCUT2D eigenvalue weighted by Gasteiger charge is 2.12. The summed E-state index contributed by atoms with van der Waals surface area (Å²) in [6, 6.07) is 13.0. The first-order valence-corrected chi connectivity index (χ1v) is 9.39. The Kier molecular flexibility index (Phi) is 6.66. The van der Waals surface area contributed by atoms with Gasteiger partial charge in [-0.3, -0.25) is 5.10 Å². The van der Waals surface area contributed by atoms with Crippen molar-refractivity contribution in [1.82, 2.24) is 15.5 Å². The van der Waals surface area contributed by atoms with Gasteiger partial charge < -0.3 is 14.8 Å². The second-order valence-electron chi connectivity index (χ2n) is 6.85. The smallest absolute Gasteiger partial charge is 0.136 e. The van der Waals surface area contributed by atoms with Gasteiger partial charge in [-0.2, -0.15) is 5.10 Å². The van der Waals surface area contributed by atoms with Gasteiger partial charge in [-0.25, -0.2) is 4.39 Å². The van der Waals surface area contributed by atoms with Gasteiger partial charge in [0.05, 0.1) is 25.1 Å². The van der Waals surface area contributed by atoms with Crippen LogP contribution in [0.4, 0.5) is 4.39 Å². The standard InChI is InChI=1S/C22H26FN3O2/c1-15(2)28-18-6-4-16(5-7-18)10-11-24-13-17-14-25-26-22(17)20-9-8-19(27-3)12-21(20)23/h4-9,12,14-15,24H,10-11,13H2,1-3H3,(H,25,26). The van der Waals surface area contributed by atoms with Crippen LogP contribution in [0.1, 0.15) is 25.0 Å². The summed E-state index contributed by atoms with van der Waals surface area (Å²) in [4.78, 5) is 0. The zero-order valence-electron chi connectivity index (χ0n) is 16.5. The second kappa shape index (κ2) is 9.37. The SMILES string of the molecule is COc1ccc(-c2[nH]ncc2CNCCc2ccc(OC(C)C)cc2)c(F)c1. The zero-order valence-corrected chi connectivity index (χ0v) is 16.5. The van der Waals surface area contributed by atoms with E-state index in [0.717, 1.165) is 24.3 Å². The first-order chi connectivity index (χ1) is 13.6. The lowest BCUT2D eigenvalue weighted by atomic mass is 10.1. The van der Waals surface area contributed by atoms with Crippen molar-refractivity contribution in [3.63, 3.8) is 0 Å². The Balaban J connectivity index is 1.54. The summed E-state index contributed by atoms with van der Waals surface area (Å²) in [5.74, 6) is 1.04. The number of rotatable bonds is 9. The van der Waals surface area contributed by atoms with Crippen molar-refractivity contribution >= 4 is 0 Å². The summed E-state index contributed by atoms with van der Waals surface area (Å²) in [6.45, 7) is 5.44. The Morgan fingerprint density at radius 3 is 2.54 bits per heavy atom. The molecule has 0 spiro atoms. The number of hydrogen-bond donors (Lipinski definition) is 2. The molecule has 0 aliphatic heterocycles. The monoisotopic (exact) mass is 383 g/mol. The van der Waals surface area contributed by atoms with Crippen LogP contribution in [-0.2, 0) is 13.0 Å². The topological polar surface area (TPSA) is 59.2 Å². The molecule has 1 aromatic heterocycles. The lowest BCUT2D eigenvalue weighted by Gasteiger charge is -2.10. The number of H-pyrrole nitrogens is 1. The molecule has 0 atom stereocenters. The predicted molar refractivity (Wildman–Crippen MR) is 108 cm³/mol. The van der Waals surface area contributed by atoms with Crippen LogP contribution < -0.4 is 14.8 Å². The molecule has 0 saturated heterocycles. The molecule has 3 rings (SSSR count). The lowest BCUT2D eigenvalue weighted by Crippen LogP contribution is -2.17. The molecule has 6 heteroatoms. The molecular weight excluding hydrogens is 357 g/mol. The Morgan fingerprint density at radius 1 is 1.11 bits per heavy atom.